The van der Waals surface area contributed by atoms with Gasteiger partial charge in [0.05, 0.1) is 0 Å². The van der Waals surface area contributed by atoms with Crippen LogP contribution in [0.5, 0.6) is 0 Å². The Morgan fingerprint density at radius 3 is 2.43 bits per heavy atom. The van der Waals surface area contributed by atoms with Crippen LogP contribution < -0.4 is 5.32 Å². The number of benzene rings is 1. The maximum Gasteiger partial charge on any atom is 0.408 e. The fourth-order valence-corrected chi connectivity index (χ4v) is 2.40. The molecule has 0 radical (unpaired) electrons. The van der Waals surface area contributed by atoms with Crippen LogP contribution in [-0.2, 0) is 26.0 Å². The number of hydrogen-bond acceptors (Lipinski definition) is 5. The second-order valence-electron chi connectivity index (χ2n) is 4.46. The monoisotopic (exact) mass is 315 g/mol. The number of carbonyl (C=O) groups excluding carboxylic acids is 1. The predicted octanol–water partition coefficient (Wildman–Crippen LogP) is 1.15. The molecule has 1 rings (SSSR count). The van der Waals surface area contributed by atoms with Crippen LogP contribution in [0.3, 0.4) is 0 Å². The lowest BCUT2D eigenvalue weighted by Crippen LogP contribution is -2.40. The fraction of sp³-hybridized carbons (Fsp3) is 0.385. The van der Waals surface area contributed by atoms with E-state index in [1.54, 1.807) is 24.3 Å². The summed E-state index contributed by atoms with van der Waals surface area (Å²) in [6, 6.07) is 8.89. The van der Waals surface area contributed by atoms with Crippen LogP contribution in [0.4, 0.5) is 4.79 Å². The summed E-state index contributed by atoms with van der Waals surface area (Å²) in [5, 5.41) is 9.46. The van der Waals surface area contributed by atoms with E-state index in [-0.39, 0.29) is 19.4 Å². The summed E-state index contributed by atoms with van der Waals surface area (Å²) in [4.78, 5) is 22.1. The third-order valence-electron chi connectivity index (χ3n) is 2.63. The average molecular weight is 315 g/mol. The first-order chi connectivity index (χ1) is 9.79. The van der Waals surface area contributed by atoms with E-state index in [2.05, 4.69) is 5.32 Å². The Morgan fingerprint density at radius 2 is 1.90 bits per heavy atom. The molecule has 1 aromatic rings. The number of carboxylic acids is 1. The number of carboxylic acid groups (broad SMARTS) is 1. The Morgan fingerprint density at radius 1 is 1.29 bits per heavy atom. The minimum Gasteiger partial charge on any atom is -0.481 e. The highest BCUT2D eigenvalue weighted by Crippen LogP contribution is 2.06. The van der Waals surface area contributed by atoms with Gasteiger partial charge in [-0.3, -0.25) is 4.79 Å². The molecule has 0 saturated carbocycles. The van der Waals surface area contributed by atoms with E-state index in [1.165, 1.54) is 0 Å². The quantitative estimate of drug-likeness (QED) is 0.781. The van der Waals surface area contributed by atoms with Crippen molar-refractivity contribution in [1.82, 2.24) is 5.32 Å². The van der Waals surface area contributed by atoms with Crippen molar-refractivity contribution < 1.29 is 27.9 Å². The Hall–Kier alpha value is -2.09. The molecular formula is C13H17NO6S. The zero-order valence-corrected chi connectivity index (χ0v) is 12.3. The van der Waals surface area contributed by atoms with Crippen molar-refractivity contribution in [3.05, 3.63) is 35.9 Å². The van der Waals surface area contributed by atoms with Crippen molar-refractivity contribution in [2.24, 2.45) is 0 Å². The molecule has 0 aromatic heterocycles. The van der Waals surface area contributed by atoms with Gasteiger partial charge in [0.2, 0.25) is 0 Å². The van der Waals surface area contributed by atoms with Crippen molar-refractivity contribution in [2.75, 3.05) is 6.26 Å². The number of nitrogens with one attached hydrogen (secondary N) is 1. The van der Waals surface area contributed by atoms with E-state index in [1.807, 2.05) is 6.07 Å². The minimum atomic E-state index is -3.61. The van der Waals surface area contributed by atoms with Gasteiger partial charge in [-0.05, 0) is 12.0 Å². The smallest absolute Gasteiger partial charge is 0.408 e. The van der Waals surface area contributed by atoms with Crippen LogP contribution in [0, 0.1) is 0 Å². The number of rotatable bonds is 7. The van der Waals surface area contributed by atoms with Gasteiger partial charge in [0.15, 0.2) is 9.84 Å². The minimum absolute atomic E-state index is 0.00207. The number of aliphatic carboxylic acids is 1. The van der Waals surface area contributed by atoms with E-state index in [9.17, 15) is 18.0 Å². The molecule has 0 saturated heterocycles. The van der Waals surface area contributed by atoms with Gasteiger partial charge in [-0.1, -0.05) is 30.3 Å². The molecule has 0 spiro atoms. The van der Waals surface area contributed by atoms with Crippen LogP contribution in [0.1, 0.15) is 18.4 Å². The number of carbonyl (C=O) groups is 2. The molecular weight excluding hydrogens is 298 g/mol. The van der Waals surface area contributed by atoms with E-state index in [0.717, 1.165) is 11.8 Å². The van der Waals surface area contributed by atoms with Gasteiger partial charge in [-0.2, -0.15) is 0 Å². The van der Waals surface area contributed by atoms with Gasteiger partial charge < -0.3 is 15.2 Å². The van der Waals surface area contributed by atoms with Crippen LogP contribution in [0.2, 0.25) is 0 Å². The summed E-state index contributed by atoms with van der Waals surface area (Å²) in [6.45, 7) is 0.00207. The first kappa shape index (κ1) is 17.0. The highest BCUT2D eigenvalue weighted by Gasteiger charge is 2.24. The van der Waals surface area contributed by atoms with Crippen molar-refractivity contribution in [3.63, 3.8) is 0 Å². The third-order valence-corrected chi connectivity index (χ3v) is 4.02. The summed E-state index contributed by atoms with van der Waals surface area (Å²) in [7, 11) is -3.61. The number of amides is 1. The van der Waals surface area contributed by atoms with E-state index >= 15 is 0 Å². The molecule has 1 aromatic carbocycles. The molecule has 0 aliphatic heterocycles. The second-order valence-corrected chi connectivity index (χ2v) is 6.68. The molecule has 116 valence electrons. The lowest BCUT2D eigenvalue weighted by Gasteiger charge is -2.16. The van der Waals surface area contributed by atoms with Gasteiger partial charge in [0.1, 0.15) is 12.0 Å². The van der Waals surface area contributed by atoms with Crippen molar-refractivity contribution in [2.45, 2.75) is 24.8 Å². The van der Waals surface area contributed by atoms with Gasteiger partial charge in [0, 0.05) is 12.7 Å². The van der Waals surface area contributed by atoms with E-state index in [0.29, 0.717) is 0 Å². The number of hydrogen-bond donors (Lipinski definition) is 2. The molecule has 0 heterocycles. The fourth-order valence-electron chi connectivity index (χ4n) is 1.54. The average Bonchev–Trinajstić information content (AvgIpc) is 2.41. The first-order valence-electron chi connectivity index (χ1n) is 6.17. The van der Waals surface area contributed by atoms with Crippen LogP contribution in [0.25, 0.3) is 0 Å². The normalized spacial score (nSPS) is 12.4. The van der Waals surface area contributed by atoms with E-state index in [4.69, 9.17) is 9.84 Å². The van der Waals surface area contributed by atoms with Gasteiger partial charge in [-0.15, -0.1) is 0 Å². The summed E-state index contributed by atoms with van der Waals surface area (Å²) >= 11 is 0. The molecule has 8 heteroatoms. The lowest BCUT2D eigenvalue weighted by atomic mass is 10.2. The highest BCUT2D eigenvalue weighted by atomic mass is 32.2. The van der Waals surface area contributed by atoms with Crippen LogP contribution >= 0.6 is 0 Å². The highest BCUT2D eigenvalue weighted by molar-refractivity contribution is 7.91. The molecule has 0 aliphatic carbocycles. The molecule has 1 unspecified atom stereocenters. The second kappa shape index (κ2) is 7.63. The Kier molecular flexibility index (Phi) is 6.16. The number of sulfone groups is 1. The van der Waals surface area contributed by atoms with E-state index < -0.39 is 27.3 Å². The van der Waals surface area contributed by atoms with Crippen LogP contribution in [0.15, 0.2) is 30.3 Å². The number of ether oxygens (including phenoxy) is 1. The molecule has 1 amide bonds. The zero-order valence-electron chi connectivity index (χ0n) is 11.5. The van der Waals surface area contributed by atoms with Gasteiger partial charge >= 0.3 is 12.1 Å². The molecule has 0 bridgehead atoms. The molecule has 0 fully saturated rings. The summed E-state index contributed by atoms with van der Waals surface area (Å²) in [6.07, 6.45) is -0.554. The lowest BCUT2D eigenvalue weighted by molar-refractivity contribution is -0.137. The molecule has 0 aliphatic rings. The topological polar surface area (TPSA) is 110 Å². The molecule has 1 atom stereocenters. The SMILES string of the molecule is CS(=O)(=O)C(CCC(=O)O)NC(=O)OCc1ccccc1. The van der Waals surface area contributed by atoms with Crippen molar-refractivity contribution >= 4 is 21.9 Å². The van der Waals surface area contributed by atoms with Crippen molar-refractivity contribution in [3.8, 4) is 0 Å². The summed E-state index contributed by atoms with van der Waals surface area (Å²) in [5.41, 5.74) is 0.758. The first-order valence-corrected chi connectivity index (χ1v) is 8.12. The zero-order chi connectivity index (χ0) is 15.9. The van der Waals surface area contributed by atoms with Crippen molar-refractivity contribution in [1.29, 1.82) is 0 Å². The molecule has 21 heavy (non-hydrogen) atoms. The molecule has 2 N–H and O–H groups in total. The number of alkyl carbamates (subject to hydrolysis) is 1. The molecule has 7 nitrogen and oxygen atoms in total. The maximum absolute atomic E-state index is 11.6. The van der Waals surface area contributed by atoms with Gasteiger partial charge in [0.25, 0.3) is 0 Å². The Bertz CT molecular complexity index is 584. The van der Waals surface area contributed by atoms with Crippen LogP contribution in [-0.4, -0.2) is 37.2 Å². The van der Waals surface area contributed by atoms with Gasteiger partial charge in [-0.25, -0.2) is 13.2 Å². The summed E-state index contributed by atoms with van der Waals surface area (Å²) in [5.74, 6) is -1.14. The predicted molar refractivity (Wildman–Crippen MR) is 75.3 cm³/mol. The Balaban J connectivity index is 2.54. The maximum atomic E-state index is 11.6. The standard InChI is InChI=1S/C13H17NO6S/c1-21(18,19)11(7-8-12(15)16)14-13(17)20-9-10-5-3-2-4-6-10/h2-6,11H,7-9H2,1H3,(H,14,17)(H,15,16). The summed E-state index contributed by atoms with van der Waals surface area (Å²) < 4.78 is 27.9. The largest absolute Gasteiger partial charge is 0.481 e. The third kappa shape index (κ3) is 6.75. The Labute approximate surface area is 122 Å².